The highest BCUT2D eigenvalue weighted by atomic mass is 79.9. The van der Waals surface area contributed by atoms with E-state index >= 15 is 0 Å². The molecular weight excluding hydrogens is 320 g/mol. The third-order valence-electron chi connectivity index (χ3n) is 2.91. The standard InChI is InChI=1S/C15H23BrN2O2/c1-10(2)18-15(19)7-8-20-14-9-12(16)5-6-13(14)11(3)17-4/h5-6,9-11,17H,7-8H2,1-4H3,(H,18,19). The molecule has 1 aromatic carbocycles. The van der Waals surface area contributed by atoms with Crippen LogP contribution in [-0.2, 0) is 4.79 Å². The van der Waals surface area contributed by atoms with E-state index in [1.54, 1.807) is 0 Å². The molecule has 0 radical (unpaired) electrons. The Morgan fingerprint density at radius 3 is 2.65 bits per heavy atom. The van der Waals surface area contributed by atoms with Gasteiger partial charge >= 0.3 is 0 Å². The van der Waals surface area contributed by atoms with Crippen LogP contribution in [0.1, 0.15) is 38.8 Å². The fourth-order valence-electron chi connectivity index (χ4n) is 1.79. The third kappa shape index (κ3) is 5.51. The molecule has 0 bridgehead atoms. The van der Waals surface area contributed by atoms with Crippen molar-refractivity contribution in [3.63, 3.8) is 0 Å². The first-order valence-electron chi connectivity index (χ1n) is 6.83. The first-order valence-corrected chi connectivity index (χ1v) is 7.62. The Morgan fingerprint density at radius 2 is 2.05 bits per heavy atom. The van der Waals surface area contributed by atoms with E-state index in [9.17, 15) is 4.79 Å². The molecule has 1 rings (SSSR count). The normalized spacial score (nSPS) is 12.3. The molecule has 0 heterocycles. The van der Waals surface area contributed by atoms with Crippen LogP contribution in [0.25, 0.3) is 0 Å². The summed E-state index contributed by atoms with van der Waals surface area (Å²) in [7, 11) is 1.91. The van der Waals surface area contributed by atoms with Crippen molar-refractivity contribution >= 4 is 21.8 Å². The molecule has 1 unspecified atom stereocenters. The van der Waals surface area contributed by atoms with E-state index < -0.39 is 0 Å². The summed E-state index contributed by atoms with van der Waals surface area (Å²) in [6, 6.07) is 6.30. The number of hydrogen-bond donors (Lipinski definition) is 2. The molecule has 0 saturated heterocycles. The second-order valence-corrected chi connectivity index (χ2v) is 5.93. The summed E-state index contributed by atoms with van der Waals surface area (Å²) in [5.41, 5.74) is 1.08. The first kappa shape index (κ1) is 17.0. The monoisotopic (exact) mass is 342 g/mol. The van der Waals surface area contributed by atoms with Gasteiger partial charge in [-0.15, -0.1) is 0 Å². The summed E-state index contributed by atoms with van der Waals surface area (Å²) >= 11 is 3.44. The van der Waals surface area contributed by atoms with Crippen molar-refractivity contribution in [1.29, 1.82) is 0 Å². The topological polar surface area (TPSA) is 50.4 Å². The predicted molar refractivity (Wildman–Crippen MR) is 85.0 cm³/mol. The van der Waals surface area contributed by atoms with Crippen LogP contribution in [0.4, 0.5) is 0 Å². The van der Waals surface area contributed by atoms with E-state index in [1.165, 1.54) is 0 Å². The summed E-state index contributed by atoms with van der Waals surface area (Å²) in [4.78, 5) is 11.6. The molecular formula is C15H23BrN2O2. The molecule has 1 amide bonds. The molecule has 1 aromatic rings. The minimum Gasteiger partial charge on any atom is -0.493 e. The first-order chi connectivity index (χ1) is 9.43. The average Bonchev–Trinajstić information content (AvgIpc) is 2.37. The van der Waals surface area contributed by atoms with E-state index in [1.807, 2.05) is 39.1 Å². The van der Waals surface area contributed by atoms with E-state index in [0.29, 0.717) is 13.0 Å². The molecule has 20 heavy (non-hydrogen) atoms. The zero-order valence-corrected chi connectivity index (χ0v) is 14.1. The van der Waals surface area contributed by atoms with Gasteiger partial charge in [0.25, 0.3) is 0 Å². The predicted octanol–water partition coefficient (Wildman–Crippen LogP) is 3.02. The average molecular weight is 343 g/mol. The van der Waals surface area contributed by atoms with Crippen molar-refractivity contribution in [2.45, 2.75) is 39.3 Å². The van der Waals surface area contributed by atoms with Crippen molar-refractivity contribution in [2.75, 3.05) is 13.7 Å². The van der Waals surface area contributed by atoms with Crippen molar-refractivity contribution in [3.8, 4) is 5.75 Å². The maximum absolute atomic E-state index is 11.6. The van der Waals surface area contributed by atoms with Crippen LogP contribution in [0, 0.1) is 0 Å². The van der Waals surface area contributed by atoms with Gasteiger partial charge in [-0.1, -0.05) is 22.0 Å². The SMILES string of the molecule is CNC(C)c1ccc(Br)cc1OCCC(=O)NC(C)C. The van der Waals surface area contributed by atoms with Gasteiger partial charge in [-0.25, -0.2) is 0 Å². The lowest BCUT2D eigenvalue weighted by Gasteiger charge is -2.17. The molecule has 112 valence electrons. The maximum Gasteiger partial charge on any atom is 0.223 e. The number of ether oxygens (including phenoxy) is 1. The van der Waals surface area contributed by atoms with Crippen LogP contribution in [0.3, 0.4) is 0 Å². The van der Waals surface area contributed by atoms with Crippen molar-refractivity contribution in [2.24, 2.45) is 0 Å². The van der Waals surface area contributed by atoms with Crippen LogP contribution < -0.4 is 15.4 Å². The van der Waals surface area contributed by atoms with Gasteiger partial charge in [0.15, 0.2) is 0 Å². The van der Waals surface area contributed by atoms with Gasteiger partial charge in [-0.05, 0) is 40.0 Å². The number of rotatable bonds is 7. The van der Waals surface area contributed by atoms with Crippen molar-refractivity contribution < 1.29 is 9.53 Å². The number of amides is 1. The van der Waals surface area contributed by atoms with Gasteiger partial charge in [0.1, 0.15) is 5.75 Å². The van der Waals surface area contributed by atoms with Gasteiger partial charge in [-0.2, -0.15) is 0 Å². The highest BCUT2D eigenvalue weighted by Crippen LogP contribution is 2.28. The molecule has 0 aliphatic carbocycles. The third-order valence-corrected chi connectivity index (χ3v) is 3.40. The Morgan fingerprint density at radius 1 is 1.35 bits per heavy atom. The largest absolute Gasteiger partial charge is 0.493 e. The highest BCUT2D eigenvalue weighted by Gasteiger charge is 2.11. The van der Waals surface area contributed by atoms with Crippen LogP contribution in [-0.4, -0.2) is 25.6 Å². The summed E-state index contributed by atoms with van der Waals surface area (Å²) in [6.45, 7) is 6.33. The minimum atomic E-state index is 0.0122. The van der Waals surface area contributed by atoms with Crippen LogP contribution in [0.5, 0.6) is 5.75 Å². The second-order valence-electron chi connectivity index (χ2n) is 5.01. The zero-order valence-electron chi connectivity index (χ0n) is 12.5. The summed E-state index contributed by atoms with van der Waals surface area (Å²) < 4.78 is 6.73. The van der Waals surface area contributed by atoms with Crippen LogP contribution in [0.2, 0.25) is 0 Å². The zero-order chi connectivity index (χ0) is 15.1. The van der Waals surface area contributed by atoms with Crippen molar-refractivity contribution in [1.82, 2.24) is 10.6 Å². The summed E-state index contributed by atoms with van der Waals surface area (Å²) in [6.07, 6.45) is 0.359. The molecule has 0 aromatic heterocycles. The highest BCUT2D eigenvalue weighted by molar-refractivity contribution is 9.10. The lowest BCUT2D eigenvalue weighted by atomic mass is 10.1. The van der Waals surface area contributed by atoms with Gasteiger partial charge < -0.3 is 15.4 Å². The smallest absolute Gasteiger partial charge is 0.223 e. The quantitative estimate of drug-likeness (QED) is 0.800. The maximum atomic E-state index is 11.6. The van der Waals surface area contributed by atoms with Crippen LogP contribution >= 0.6 is 15.9 Å². The fraction of sp³-hybridized carbons (Fsp3) is 0.533. The van der Waals surface area contributed by atoms with Gasteiger partial charge in [-0.3, -0.25) is 4.79 Å². The number of nitrogens with one attached hydrogen (secondary N) is 2. The lowest BCUT2D eigenvalue weighted by molar-refractivity contribution is -0.122. The van der Waals surface area contributed by atoms with E-state index in [2.05, 4.69) is 33.5 Å². The molecule has 0 saturated carbocycles. The molecule has 0 fully saturated rings. The molecule has 5 heteroatoms. The second kappa shape index (κ2) is 8.27. The molecule has 2 N–H and O–H groups in total. The van der Waals surface area contributed by atoms with Gasteiger partial charge in [0.05, 0.1) is 13.0 Å². The Kier molecular flexibility index (Phi) is 7.02. The van der Waals surface area contributed by atoms with Gasteiger partial charge in [0, 0.05) is 22.1 Å². The molecule has 0 aliphatic heterocycles. The molecule has 0 spiro atoms. The molecule has 4 nitrogen and oxygen atoms in total. The Bertz CT molecular complexity index is 449. The summed E-state index contributed by atoms with van der Waals surface area (Å²) in [5, 5.41) is 6.04. The minimum absolute atomic E-state index is 0.0122. The Hall–Kier alpha value is -1.07. The fourth-order valence-corrected chi connectivity index (χ4v) is 2.13. The van der Waals surface area contributed by atoms with E-state index in [0.717, 1.165) is 15.8 Å². The number of carbonyl (C=O) groups is 1. The van der Waals surface area contributed by atoms with E-state index in [-0.39, 0.29) is 18.0 Å². The van der Waals surface area contributed by atoms with Crippen LogP contribution in [0.15, 0.2) is 22.7 Å². The number of halogens is 1. The summed E-state index contributed by atoms with van der Waals surface area (Å²) in [5.74, 6) is 0.816. The number of benzene rings is 1. The Balaban J connectivity index is 2.62. The van der Waals surface area contributed by atoms with E-state index in [4.69, 9.17) is 4.74 Å². The number of carbonyl (C=O) groups excluding carboxylic acids is 1. The molecule has 0 aliphatic rings. The molecule has 1 atom stereocenters. The van der Waals surface area contributed by atoms with Gasteiger partial charge in [0.2, 0.25) is 5.91 Å². The lowest BCUT2D eigenvalue weighted by Crippen LogP contribution is -2.31. The number of hydrogen-bond acceptors (Lipinski definition) is 3. The Labute approximate surface area is 129 Å². The van der Waals surface area contributed by atoms with Crippen molar-refractivity contribution in [3.05, 3.63) is 28.2 Å².